The van der Waals surface area contributed by atoms with E-state index in [9.17, 15) is 13.2 Å². The lowest BCUT2D eigenvalue weighted by molar-refractivity contribution is -0.111. The summed E-state index contributed by atoms with van der Waals surface area (Å²) in [4.78, 5) is 11.3. The van der Waals surface area contributed by atoms with Crippen molar-refractivity contribution in [3.8, 4) is 0 Å². The first-order chi connectivity index (χ1) is 7.32. The summed E-state index contributed by atoms with van der Waals surface area (Å²) in [6.07, 6.45) is 2.25. The van der Waals surface area contributed by atoms with Gasteiger partial charge >= 0.3 is 0 Å². The van der Waals surface area contributed by atoms with Crippen LogP contribution in [0.3, 0.4) is 0 Å². The molecule has 0 atom stereocenters. The van der Waals surface area contributed by atoms with Crippen molar-refractivity contribution in [2.24, 2.45) is 0 Å². The fourth-order valence-electron chi connectivity index (χ4n) is 1.23. The predicted octanol–water partition coefficient (Wildman–Crippen LogP) is 1.52. The Hall–Kier alpha value is -1.62. The van der Waals surface area contributed by atoms with Gasteiger partial charge in [0.05, 0.1) is 4.90 Å². The SMILES string of the molecule is C=CC(=O)Nc1cc(C)cc(S(C)(=O)=O)c1. The van der Waals surface area contributed by atoms with Gasteiger partial charge in [-0.05, 0) is 36.8 Å². The lowest BCUT2D eigenvalue weighted by Crippen LogP contribution is -2.08. The van der Waals surface area contributed by atoms with E-state index >= 15 is 0 Å². The van der Waals surface area contributed by atoms with Crippen molar-refractivity contribution in [1.82, 2.24) is 0 Å². The van der Waals surface area contributed by atoms with E-state index < -0.39 is 9.84 Å². The number of anilines is 1. The number of carbonyl (C=O) groups is 1. The third-order valence-corrected chi connectivity index (χ3v) is 3.02. The molecule has 0 aliphatic heterocycles. The molecule has 1 rings (SSSR count). The van der Waals surface area contributed by atoms with E-state index in [1.807, 2.05) is 0 Å². The van der Waals surface area contributed by atoms with E-state index in [1.165, 1.54) is 6.07 Å². The first-order valence-electron chi connectivity index (χ1n) is 4.58. The summed E-state index contributed by atoms with van der Waals surface area (Å²) in [6, 6.07) is 4.67. The van der Waals surface area contributed by atoms with Gasteiger partial charge in [-0.25, -0.2) is 8.42 Å². The van der Waals surface area contributed by atoms with Crippen molar-refractivity contribution in [3.63, 3.8) is 0 Å². The molecule has 5 heteroatoms. The van der Waals surface area contributed by atoms with Crippen LogP contribution in [0.2, 0.25) is 0 Å². The van der Waals surface area contributed by atoms with Crippen LogP contribution in [0.1, 0.15) is 5.56 Å². The second-order valence-electron chi connectivity index (χ2n) is 3.50. The molecular weight excluding hydrogens is 226 g/mol. The Balaban J connectivity index is 3.18. The summed E-state index contributed by atoms with van der Waals surface area (Å²) in [5, 5.41) is 2.52. The van der Waals surface area contributed by atoms with Gasteiger partial charge in [0.15, 0.2) is 9.84 Å². The van der Waals surface area contributed by atoms with Crippen LogP contribution in [0.4, 0.5) is 5.69 Å². The normalized spacial score (nSPS) is 10.9. The van der Waals surface area contributed by atoms with Crippen molar-refractivity contribution in [2.75, 3.05) is 11.6 Å². The summed E-state index contributed by atoms with van der Waals surface area (Å²) >= 11 is 0. The smallest absolute Gasteiger partial charge is 0.247 e. The second kappa shape index (κ2) is 4.49. The van der Waals surface area contributed by atoms with E-state index in [0.717, 1.165) is 17.9 Å². The van der Waals surface area contributed by atoms with E-state index in [4.69, 9.17) is 0 Å². The van der Waals surface area contributed by atoms with Gasteiger partial charge in [-0.15, -0.1) is 0 Å². The van der Waals surface area contributed by atoms with Crippen LogP contribution in [0, 0.1) is 6.92 Å². The molecule has 0 saturated carbocycles. The van der Waals surface area contributed by atoms with Crippen LogP contribution in [0.5, 0.6) is 0 Å². The number of hydrogen-bond donors (Lipinski definition) is 1. The number of hydrogen-bond acceptors (Lipinski definition) is 3. The van der Waals surface area contributed by atoms with Crippen LogP contribution in [0.15, 0.2) is 35.7 Å². The molecule has 0 spiro atoms. The third kappa shape index (κ3) is 3.20. The molecule has 0 unspecified atom stereocenters. The van der Waals surface area contributed by atoms with E-state index in [1.54, 1.807) is 19.1 Å². The molecule has 0 radical (unpaired) electrons. The highest BCUT2D eigenvalue weighted by Gasteiger charge is 2.09. The van der Waals surface area contributed by atoms with Crippen LogP contribution in [-0.2, 0) is 14.6 Å². The maximum Gasteiger partial charge on any atom is 0.247 e. The standard InChI is InChI=1S/C11H13NO3S/c1-4-11(13)12-9-5-8(2)6-10(7-9)16(3,14)15/h4-7H,1H2,2-3H3,(H,12,13). The van der Waals surface area contributed by atoms with Crippen LogP contribution >= 0.6 is 0 Å². The molecule has 1 aromatic carbocycles. The van der Waals surface area contributed by atoms with Crippen molar-refractivity contribution >= 4 is 21.4 Å². The summed E-state index contributed by atoms with van der Waals surface area (Å²) in [7, 11) is -3.27. The van der Waals surface area contributed by atoms with Gasteiger partial charge in [-0.3, -0.25) is 4.79 Å². The molecule has 0 fully saturated rings. The molecule has 0 aliphatic carbocycles. The monoisotopic (exact) mass is 239 g/mol. The number of carbonyl (C=O) groups excluding carboxylic acids is 1. The number of aryl methyl sites for hydroxylation is 1. The zero-order chi connectivity index (χ0) is 12.3. The van der Waals surface area contributed by atoms with Gasteiger partial charge in [0.25, 0.3) is 0 Å². The molecule has 1 amide bonds. The highest BCUT2D eigenvalue weighted by atomic mass is 32.2. The molecule has 16 heavy (non-hydrogen) atoms. The quantitative estimate of drug-likeness (QED) is 0.813. The maximum absolute atomic E-state index is 11.4. The van der Waals surface area contributed by atoms with E-state index in [2.05, 4.69) is 11.9 Å². The first-order valence-corrected chi connectivity index (χ1v) is 6.47. The van der Waals surface area contributed by atoms with Gasteiger partial charge in [0.2, 0.25) is 5.91 Å². The van der Waals surface area contributed by atoms with E-state index in [0.29, 0.717) is 5.69 Å². The highest BCUT2D eigenvalue weighted by molar-refractivity contribution is 7.90. The lowest BCUT2D eigenvalue weighted by atomic mass is 10.2. The Bertz CT molecular complexity index is 532. The maximum atomic E-state index is 11.4. The molecule has 86 valence electrons. The number of sulfone groups is 1. The molecule has 0 bridgehead atoms. The number of rotatable bonds is 3. The molecule has 1 aromatic rings. The van der Waals surface area contributed by atoms with Crippen molar-refractivity contribution in [1.29, 1.82) is 0 Å². The molecule has 0 aliphatic rings. The zero-order valence-corrected chi connectivity index (χ0v) is 9.97. The minimum Gasteiger partial charge on any atom is -0.322 e. The summed E-state index contributed by atoms with van der Waals surface area (Å²) in [5.74, 6) is -0.370. The minimum atomic E-state index is -3.27. The van der Waals surface area contributed by atoms with Gasteiger partial charge in [-0.2, -0.15) is 0 Å². The second-order valence-corrected chi connectivity index (χ2v) is 5.52. The average molecular weight is 239 g/mol. The number of amides is 1. The summed E-state index contributed by atoms with van der Waals surface area (Å²) < 4.78 is 22.7. The molecule has 4 nitrogen and oxygen atoms in total. The summed E-state index contributed by atoms with van der Waals surface area (Å²) in [6.45, 7) is 5.08. The van der Waals surface area contributed by atoms with Gasteiger partial charge in [0, 0.05) is 11.9 Å². The third-order valence-electron chi connectivity index (χ3n) is 1.93. The average Bonchev–Trinajstić information content (AvgIpc) is 2.15. The van der Waals surface area contributed by atoms with Gasteiger partial charge in [-0.1, -0.05) is 6.58 Å². The lowest BCUT2D eigenvalue weighted by Gasteiger charge is -2.06. The number of nitrogens with one attached hydrogen (secondary N) is 1. The Kier molecular flexibility index (Phi) is 3.49. The van der Waals surface area contributed by atoms with Gasteiger partial charge in [0.1, 0.15) is 0 Å². The van der Waals surface area contributed by atoms with Crippen molar-refractivity contribution < 1.29 is 13.2 Å². The van der Waals surface area contributed by atoms with E-state index in [-0.39, 0.29) is 10.8 Å². The Morgan fingerprint density at radius 2 is 2.00 bits per heavy atom. The fourth-order valence-corrected chi connectivity index (χ4v) is 1.97. The number of benzene rings is 1. The summed E-state index contributed by atoms with van der Waals surface area (Å²) in [5.41, 5.74) is 1.22. The molecule has 0 saturated heterocycles. The Labute approximate surface area is 94.9 Å². The van der Waals surface area contributed by atoms with Crippen LogP contribution in [0.25, 0.3) is 0 Å². The van der Waals surface area contributed by atoms with Gasteiger partial charge < -0.3 is 5.32 Å². The van der Waals surface area contributed by atoms with Crippen LogP contribution < -0.4 is 5.32 Å². The van der Waals surface area contributed by atoms with Crippen molar-refractivity contribution in [3.05, 3.63) is 36.4 Å². The van der Waals surface area contributed by atoms with Crippen LogP contribution in [-0.4, -0.2) is 20.6 Å². The Morgan fingerprint density at radius 3 is 2.50 bits per heavy atom. The molecule has 0 aromatic heterocycles. The Morgan fingerprint density at radius 1 is 1.38 bits per heavy atom. The molecule has 1 N–H and O–H groups in total. The predicted molar refractivity (Wildman–Crippen MR) is 63.1 cm³/mol. The first kappa shape index (κ1) is 12.4. The fraction of sp³-hybridized carbons (Fsp3) is 0.182. The topological polar surface area (TPSA) is 63.2 Å². The minimum absolute atomic E-state index is 0.187. The molecular formula is C11H13NO3S. The molecule has 0 heterocycles. The van der Waals surface area contributed by atoms with Crippen molar-refractivity contribution in [2.45, 2.75) is 11.8 Å². The largest absolute Gasteiger partial charge is 0.322 e. The highest BCUT2D eigenvalue weighted by Crippen LogP contribution is 2.18. The zero-order valence-electron chi connectivity index (χ0n) is 9.15.